The average molecular weight is 220 g/mol. The summed E-state index contributed by atoms with van der Waals surface area (Å²) in [5, 5.41) is 0. The van der Waals surface area contributed by atoms with Crippen molar-refractivity contribution in [2.75, 3.05) is 18.0 Å². The molecule has 0 spiro atoms. The number of nitrogens with two attached hydrogens (primary N) is 1. The fraction of sp³-hybridized carbons (Fsp3) is 0.417. The van der Waals surface area contributed by atoms with E-state index in [1.807, 2.05) is 11.8 Å². The van der Waals surface area contributed by atoms with Gasteiger partial charge < -0.3 is 4.90 Å². The number of rotatable bonds is 3. The first-order chi connectivity index (χ1) is 7.72. The molecule has 0 heterocycles. The fourth-order valence-electron chi connectivity index (χ4n) is 1.54. The van der Waals surface area contributed by atoms with Gasteiger partial charge in [0, 0.05) is 18.8 Å². The van der Waals surface area contributed by atoms with Gasteiger partial charge in [0.05, 0.1) is 0 Å². The largest absolute Gasteiger partial charge is 0.312 e. The van der Waals surface area contributed by atoms with Gasteiger partial charge in [0.2, 0.25) is 5.96 Å². The summed E-state index contributed by atoms with van der Waals surface area (Å²) in [5.41, 5.74) is 4.98. The number of hydrogen-bond donors (Lipinski definition) is 2. The molecule has 3 N–H and O–H groups in total. The van der Waals surface area contributed by atoms with E-state index in [1.54, 1.807) is 0 Å². The summed E-state index contributed by atoms with van der Waals surface area (Å²) in [7, 11) is 0. The normalized spacial score (nSPS) is 11.4. The summed E-state index contributed by atoms with van der Waals surface area (Å²) in [6.45, 7) is 7.67. The molecule has 0 saturated carbocycles. The van der Waals surface area contributed by atoms with Crippen LogP contribution in [0.2, 0.25) is 0 Å². The highest BCUT2D eigenvalue weighted by molar-refractivity contribution is 5.95. The molecule has 0 radical (unpaired) electrons. The summed E-state index contributed by atoms with van der Waals surface area (Å²) in [6, 6.07) is 8.30. The molecule has 4 heteroatoms. The molecule has 0 aliphatic rings. The monoisotopic (exact) mass is 220 g/mol. The third-order valence-corrected chi connectivity index (χ3v) is 2.35. The molecule has 0 aromatic heterocycles. The molecule has 0 fully saturated rings. The smallest absolute Gasteiger partial charge is 0.212 e. The molecule has 0 atom stereocenters. The molecule has 0 saturated heterocycles. The summed E-state index contributed by atoms with van der Waals surface area (Å²) < 4.78 is 0. The lowest BCUT2D eigenvalue weighted by Gasteiger charge is -2.24. The first kappa shape index (κ1) is 12.5. The van der Waals surface area contributed by atoms with Crippen molar-refractivity contribution in [3.05, 3.63) is 29.8 Å². The second-order valence-electron chi connectivity index (χ2n) is 3.52. The molecule has 88 valence electrons. The van der Waals surface area contributed by atoms with Crippen molar-refractivity contribution in [2.45, 2.75) is 20.8 Å². The van der Waals surface area contributed by atoms with E-state index in [2.05, 4.69) is 48.5 Å². The molecular weight excluding hydrogens is 200 g/mol. The van der Waals surface area contributed by atoms with Crippen molar-refractivity contribution in [1.29, 1.82) is 0 Å². The van der Waals surface area contributed by atoms with Gasteiger partial charge in [-0.25, -0.2) is 5.84 Å². The Morgan fingerprint density at radius 1 is 1.31 bits per heavy atom. The second-order valence-corrected chi connectivity index (χ2v) is 3.52. The Balaban J connectivity index is 2.97. The second kappa shape index (κ2) is 6.12. The van der Waals surface area contributed by atoms with Crippen LogP contribution >= 0.6 is 0 Å². The molecule has 16 heavy (non-hydrogen) atoms. The third-order valence-electron chi connectivity index (χ3n) is 2.35. The first-order valence-corrected chi connectivity index (χ1v) is 5.58. The predicted molar refractivity (Wildman–Crippen MR) is 69.5 cm³/mol. The molecule has 0 amide bonds. The summed E-state index contributed by atoms with van der Waals surface area (Å²) in [5.74, 6) is 6.18. The molecule has 0 unspecified atom stereocenters. The Hall–Kier alpha value is -1.55. The van der Waals surface area contributed by atoms with Crippen molar-refractivity contribution in [3.63, 3.8) is 0 Å². The summed E-state index contributed by atoms with van der Waals surface area (Å²) in [6.07, 6.45) is 0. The molecule has 0 bridgehead atoms. The summed E-state index contributed by atoms with van der Waals surface area (Å²) >= 11 is 0. The van der Waals surface area contributed by atoms with Gasteiger partial charge in [-0.05, 0) is 32.9 Å². The average Bonchev–Trinajstić information content (AvgIpc) is 2.31. The van der Waals surface area contributed by atoms with Gasteiger partial charge >= 0.3 is 0 Å². The quantitative estimate of drug-likeness (QED) is 0.352. The predicted octanol–water partition coefficient (Wildman–Crippen LogP) is 1.66. The van der Waals surface area contributed by atoms with E-state index in [1.165, 1.54) is 5.56 Å². The van der Waals surface area contributed by atoms with Gasteiger partial charge in [0.15, 0.2) is 0 Å². The van der Waals surface area contributed by atoms with E-state index in [4.69, 9.17) is 5.84 Å². The van der Waals surface area contributed by atoms with Gasteiger partial charge in [-0.1, -0.05) is 17.7 Å². The maximum atomic E-state index is 5.48. The lowest BCUT2D eigenvalue weighted by atomic mass is 10.2. The van der Waals surface area contributed by atoms with Crippen LogP contribution in [0.4, 0.5) is 5.69 Å². The standard InChI is InChI=1S/C12H20N4/c1-4-14-12(15-13)16(5-2)11-8-6-10(3)7-9-11/h6-9H,4-5,13H2,1-3H3,(H,14,15). The molecule has 1 aromatic rings. The number of nitrogens with one attached hydrogen (secondary N) is 1. The number of aliphatic imine (C=N–C) groups is 1. The van der Waals surface area contributed by atoms with Gasteiger partial charge in [-0.3, -0.25) is 10.4 Å². The molecule has 0 aliphatic carbocycles. The Kier molecular flexibility index (Phi) is 4.79. The van der Waals surface area contributed by atoms with Crippen LogP contribution in [-0.2, 0) is 0 Å². The zero-order valence-electron chi connectivity index (χ0n) is 10.2. The maximum Gasteiger partial charge on any atom is 0.212 e. The first-order valence-electron chi connectivity index (χ1n) is 5.58. The van der Waals surface area contributed by atoms with Crippen LogP contribution in [0, 0.1) is 6.92 Å². The van der Waals surface area contributed by atoms with Gasteiger partial charge in [-0.2, -0.15) is 0 Å². The third kappa shape index (κ3) is 2.97. The number of anilines is 1. The highest BCUT2D eigenvalue weighted by Crippen LogP contribution is 2.14. The Morgan fingerprint density at radius 2 is 1.94 bits per heavy atom. The van der Waals surface area contributed by atoms with E-state index >= 15 is 0 Å². The van der Waals surface area contributed by atoms with Gasteiger partial charge in [0.25, 0.3) is 0 Å². The van der Waals surface area contributed by atoms with Crippen LogP contribution in [0.5, 0.6) is 0 Å². The van der Waals surface area contributed by atoms with Crippen LogP contribution in [0.25, 0.3) is 0 Å². The molecule has 4 nitrogen and oxygen atoms in total. The van der Waals surface area contributed by atoms with Crippen molar-refractivity contribution in [1.82, 2.24) is 5.43 Å². The van der Waals surface area contributed by atoms with Gasteiger partial charge in [0.1, 0.15) is 0 Å². The van der Waals surface area contributed by atoms with E-state index in [9.17, 15) is 0 Å². The molecular formula is C12H20N4. The maximum absolute atomic E-state index is 5.48. The topological polar surface area (TPSA) is 53.6 Å². The van der Waals surface area contributed by atoms with Crippen molar-refractivity contribution in [2.24, 2.45) is 10.8 Å². The minimum Gasteiger partial charge on any atom is -0.312 e. The van der Waals surface area contributed by atoms with Crippen LogP contribution in [0.15, 0.2) is 29.3 Å². The Morgan fingerprint density at radius 3 is 2.38 bits per heavy atom. The zero-order valence-corrected chi connectivity index (χ0v) is 10.2. The lowest BCUT2D eigenvalue weighted by Crippen LogP contribution is -2.45. The van der Waals surface area contributed by atoms with Crippen LogP contribution in [-0.4, -0.2) is 19.0 Å². The van der Waals surface area contributed by atoms with E-state index < -0.39 is 0 Å². The molecule has 0 aliphatic heterocycles. The van der Waals surface area contributed by atoms with Crippen molar-refractivity contribution >= 4 is 11.6 Å². The van der Waals surface area contributed by atoms with Crippen LogP contribution in [0.3, 0.4) is 0 Å². The molecule has 1 aromatic carbocycles. The van der Waals surface area contributed by atoms with Crippen molar-refractivity contribution in [3.8, 4) is 0 Å². The summed E-state index contributed by atoms with van der Waals surface area (Å²) in [4.78, 5) is 6.36. The number of nitrogens with zero attached hydrogens (tertiary/aromatic N) is 2. The zero-order chi connectivity index (χ0) is 12.0. The van der Waals surface area contributed by atoms with E-state index in [0.29, 0.717) is 12.5 Å². The molecule has 1 rings (SSSR count). The number of guanidine groups is 1. The lowest BCUT2D eigenvalue weighted by molar-refractivity contribution is 0.912. The number of aryl methyl sites for hydroxylation is 1. The van der Waals surface area contributed by atoms with Crippen molar-refractivity contribution < 1.29 is 0 Å². The van der Waals surface area contributed by atoms with E-state index in [-0.39, 0.29) is 0 Å². The van der Waals surface area contributed by atoms with Crippen LogP contribution < -0.4 is 16.2 Å². The minimum atomic E-state index is 0.703. The minimum absolute atomic E-state index is 0.703. The Bertz CT molecular complexity index is 343. The SMILES string of the molecule is CCN=C(NN)N(CC)c1ccc(C)cc1. The number of benzene rings is 1. The van der Waals surface area contributed by atoms with E-state index in [0.717, 1.165) is 12.2 Å². The highest BCUT2D eigenvalue weighted by Gasteiger charge is 2.09. The van der Waals surface area contributed by atoms with Gasteiger partial charge in [-0.15, -0.1) is 0 Å². The Labute approximate surface area is 97.1 Å². The van der Waals surface area contributed by atoms with Crippen LogP contribution in [0.1, 0.15) is 19.4 Å². The number of hydrazine groups is 1. The fourth-order valence-corrected chi connectivity index (χ4v) is 1.54. The number of hydrogen-bond acceptors (Lipinski definition) is 2. The highest BCUT2D eigenvalue weighted by atomic mass is 15.4.